The molecule has 24 heavy (non-hydrogen) atoms. The van der Waals surface area contributed by atoms with Crippen molar-refractivity contribution in [1.82, 2.24) is 4.90 Å². The summed E-state index contributed by atoms with van der Waals surface area (Å²) in [5.74, 6) is 1.87. The van der Waals surface area contributed by atoms with Crippen LogP contribution in [0.2, 0.25) is 0 Å². The summed E-state index contributed by atoms with van der Waals surface area (Å²) in [5.41, 5.74) is 0.873. The standard InChI is InChI=1S/C19H29NO4/c1-13(2)20(15-8-6-7-9-15)18(21)12-14-10-16(22-3)19(24-5)17(11-14)23-4/h10-11,13,15H,6-9,12H2,1-5H3. The van der Waals surface area contributed by atoms with Crippen molar-refractivity contribution < 1.29 is 19.0 Å². The van der Waals surface area contributed by atoms with Crippen molar-refractivity contribution in [2.45, 2.75) is 58.0 Å². The maximum absolute atomic E-state index is 12.9. The largest absolute Gasteiger partial charge is 0.493 e. The predicted molar refractivity (Wildman–Crippen MR) is 94.0 cm³/mol. The first kappa shape index (κ1) is 18.4. The molecule has 0 aliphatic heterocycles. The van der Waals surface area contributed by atoms with Crippen molar-refractivity contribution in [3.05, 3.63) is 17.7 Å². The first-order valence-electron chi connectivity index (χ1n) is 8.61. The summed E-state index contributed by atoms with van der Waals surface area (Å²) in [7, 11) is 4.75. The Kier molecular flexibility index (Phi) is 6.35. The molecule has 5 nitrogen and oxygen atoms in total. The molecule has 5 heteroatoms. The third kappa shape index (κ3) is 3.94. The number of methoxy groups -OCH3 is 3. The molecule has 1 saturated carbocycles. The third-order valence-corrected chi connectivity index (χ3v) is 4.64. The third-order valence-electron chi connectivity index (χ3n) is 4.64. The molecule has 1 fully saturated rings. The van der Waals surface area contributed by atoms with Gasteiger partial charge in [-0.15, -0.1) is 0 Å². The minimum atomic E-state index is 0.158. The van der Waals surface area contributed by atoms with Gasteiger partial charge in [0.15, 0.2) is 11.5 Å². The molecule has 0 saturated heterocycles. The van der Waals surface area contributed by atoms with E-state index < -0.39 is 0 Å². The van der Waals surface area contributed by atoms with Crippen LogP contribution in [0.3, 0.4) is 0 Å². The Labute approximate surface area is 144 Å². The molecule has 0 radical (unpaired) electrons. The van der Waals surface area contributed by atoms with Gasteiger partial charge in [-0.25, -0.2) is 0 Å². The van der Waals surface area contributed by atoms with Crippen molar-refractivity contribution in [2.24, 2.45) is 0 Å². The lowest BCUT2D eigenvalue weighted by Crippen LogP contribution is -2.44. The average molecular weight is 335 g/mol. The summed E-state index contributed by atoms with van der Waals surface area (Å²) in [6, 6.07) is 4.29. The molecular weight excluding hydrogens is 306 g/mol. The summed E-state index contributed by atoms with van der Waals surface area (Å²) in [5, 5.41) is 0. The Bertz CT molecular complexity index is 539. The van der Waals surface area contributed by atoms with Crippen LogP contribution in [0.4, 0.5) is 0 Å². The molecule has 0 N–H and O–H groups in total. The zero-order valence-electron chi connectivity index (χ0n) is 15.4. The number of carbonyl (C=O) groups excluding carboxylic acids is 1. The van der Waals surface area contributed by atoms with Gasteiger partial charge in [0.05, 0.1) is 27.8 Å². The molecule has 0 atom stereocenters. The summed E-state index contributed by atoms with van der Waals surface area (Å²) in [6.45, 7) is 4.18. The number of hydrogen-bond acceptors (Lipinski definition) is 4. The van der Waals surface area contributed by atoms with Gasteiger partial charge in [-0.05, 0) is 44.4 Å². The van der Waals surface area contributed by atoms with Gasteiger partial charge in [-0.1, -0.05) is 12.8 Å². The van der Waals surface area contributed by atoms with Crippen LogP contribution in [0.15, 0.2) is 12.1 Å². The van der Waals surface area contributed by atoms with Crippen LogP contribution in [0, 0.1) is 0 Å². The molecular formula is C19H29NO4. The fourth-order valence-electron chi connectivity index (χ4n) is 3.60. The van der Waals surface area contributed by atoms with Crippen LogP contribution in [-0.4, -0.2) is 44.2 Å². The highest BCUT2D eigenvalue weighted by molar-refractivity contribution is 5.80. The highest BCUT2D eigenvalue weighted by Crippen LogP contribution is 2.38. The topological polar surface area (TPSA) is 48.0 Å². The van der Waals surface area contributed by atoms with E-state index in [2.05, 4.69) is 18.7 Å². The first-order chi connectivity index (χ1) is 11.5. The maximum atomic E-state index is 12.9. The molecule has 1 aliphatic carbocycles. The van der Waals surface area contributed by atoms with Gasteiger partial charge in [0.1, 0.15) is 0 Å². The second kappa shape index (κ2) is 8.27. The van der Waals surface area contributed by atoms with Crippen molar-refractivity contribution in [2.75, 3.05) is 21.3 Å². The molecule has 0 unspecified atom stereocenters. The Morgan fingerprint density at radius 2 is 1.62 bits per heavy atom. The minimum absolute atomic E-state index is 0.158. The highest BCUT2D eigenvalue weighted by Gasteiger charge is 2.29. The van der Waals surface area contributed by atoms with E-state index in [1.165, 1.54) is 12.8 Å². The highest BCUT2D eigenvalue weighted by atomic mass is 16.5. The van der Waals surface area contributed by atoms with E-state index in [9.17, 15) is 4.79 Å². The van der Waals surface area contributed by atoms with Crippen molar-refractivity contribution >= 4 is 5.91 Å². The molecule has 0 aromatic heterocycles. The van der Waals surface area contributed by atoms with E-state index >= 15 is 0 Å². The fraction of sp³-hybridized carbons (Fsp3) is 0.632. The summed E-state index contributed by atoms with van der Waals surface area (Å²) in [6.07, 6.45) is 4.99. The van der Waals surface area contributed by atoms with Crippen molar-refractivity contribution in [3.63, 3.8) is 0 Å². The van der Waals surface area contributed by atoms with Gasteiger partial charge in [-0.3, -0.25) is 4.79 Å². The van der Waals surface area contributed by atoms with Crippen LogP contribution in [0.1, 0.15) is 45.1 Å². The molecule has 1 aromatic carbocycles. The van der Waals surface area contributed by atoms with Gasteiger partial charge >= 0.3 is 0 Å². The average Bonchev–Trinajstić information content (AvgIpc) is 3.07. The molecule has 1 aliphatic rings. The number of carbonyl (C=O) groups is 1. The fourth-order valence-corrected chi connectivity index (χ4v) is 3.60. The lowest BCUT2D eigenvalue weighted by atomic mass is 10.1. The normalized spacial score (nSPS) is 14.8. The zero-order valence-corrected chi connectivity index (χ0v) is 15.4. The molecule has 0 spiro atoms. The minimum Gasteiger partial charge on any atom is -0.493 e. The number of rotatable bonds is 7. The Hall–Kier alpha value is -1.91. The second-order valence-corrected chi connectivity index (χ2v) is 6.54. The predicted octanol–water partition coefficient (Wildman–Crippen LogP) is 3.43. The van der Waals surface area contributed by atoms with Crippen molar-refractivity contribution in [3.8, 4) is 17.2 Å². The number of amides is 1. The first-order valence-corrected chi connectivity index (χ1v) is 8.61. The van der Waals surface area contributed by atoms with Gasteiger partial charge < -0.3 is 19.1 Å². The molecule has 1 amide bonds. The Morgan fingerprint density at radius 1 is 1.08 bits per heavy atom. The summed E-state index contributed by atoms with van der Waals surface area (Å²) < 4.78 is 16.1. The van der Waals surface area contributed by atoms with Crippen LogP contribution >= 0.6 is 0 Å². The van der Waals surface area contributed by atoms with Crippen LogP contribution in [-0.2, 0) is 11.2 Å². The molecule has 0 bridgehead atoms. The van der Waals surface area contributed by atoms with Crippen LogP contribution in [0.25, 0.3) is 0 Å². The van der Waals surface area contributed by atoms with E-state index in [-0.39, 0.29) is 11.9 Å². The van der Waals surface area contributed by atoms with Gasteiger partial charge in [0.2, 0.25) is 11.7 Å². The quantitative estimate of drug-likeness (QED) is 0.766. The van der Waals surface area contributed by atoms with E-state index in [4.69, 9.17) is 14.2 Å². The number of benzene rings is 1. The van der Waals surface area contributed by atoms with Gasteiger partial charge in [-0.2, -0.15) is 0 Å². The van der Waals surface area contributed by atoms with Crippen LogP contribution < -0.4 is 14.2 Å². The number of nitrogens with zero attached hydrogens (tertiary/aromatic N) is 1. The number of ether oxygens (including phenoxy) is 3. The Balaban J connectivity index is 2.23. The smallest absolute Gasteiger partial charge is 0.227 e. The lowest BCUT2D eigenvalue weighted by Gasteiger charge is -2.33. The lowest BCUT2D eigenvalue weighted by molar-refractivity contribution is -0.134. The molecule has 134 valence electrons. The zero-order chi connectivity index (χ0) is 17.7. The molecule has 0 heterocycles. The van der Waals surface area contributed by atoms with Gasteiger partial charge in [0, 0.05) is 12.1 Å². The SMILES string of the molecule is COc1cc(CC(=O)N(C(C)C)C2CCCC2)cc(OC)c1OC. The van der Waals surface area contributed by atoms with E-state index in [0.717, 1.165) is 18.4 Å². The second-order valence-electron chi connectivity index (χ2n) is 6.54. The summed E-state index contributed by atoms with van der Waals surface area (Å²) >= 11 is 0. The molecule has 2 rings (SSSR count). The maximum Gasteiger partial charge on any atom is 0.227 e. The van der Waals surface area contributed by atoms with E-state index in [1.54, 1.807) is 21.3 Å². The molecule has 1 aromatic rings. The van der Waals surface area contributed by atoms with Crippen molar-refractivity contribution in [1.29, 1.82) is 0 Å². The Morgan fingerprint density at radius 3 is 2.04 bits per heavy atom. The monoisotopic (exact) mass is 335 g/mol. The van der Waals surface area contributed by atoms with Gasteiger partial charge in [0.25, 0.3) is 0 Å². The van der Waals surface area contributed by atoms with Crippen LogP contribution in [0.5, 0.6) is 17.2 Å². The van der Waals surface area contributed by atoms with E-state index in [1.807, 2.05) is 12.1 Å². The number of hydrogen-bond donors (Lipinski definition) is 0. The summed E-state index contributed by atoms with van der Waals surface area (Å²) in [4.78, 5) is 15.0. The van der Waals surface area contributed by atoms with E-state index in [0.29, 0.717) is 29.7 Å².